The molecule has 100 valence electrons. The van der Waals surface area contributed by atoms with Gasteiger partial charge in [-0.3, -0.25) is 4.79 Å². The molecule has 1 aliphatic heterocycles. The van der Waals surface area contributed by atoms with Crippen molar-refractivity contribution >= 4 is 5.91 Å². The van der Waals surface area contributed by atoms with Gasteiger partial charge in [-0.2, -0.15) is 0 Å². The number of aryl methyl sites for hydroxylation is 1. The normalized spacial score (nSPS) is 14.7. The fourth-order valence-corrected chi connectivity index (χ4v) is 2.15. The van der Waals surface area contributed by atoms with E-state index >= 15 is 0 Å². The zero-order valence-corrected chi connectivity index (χ0v) is 11.3. The zero-order valence-electron chi connectivity index (χ0n) is 11.3. The van der Waals surface area contributed by atoms with E-state index in [1.54, 1.807) is 11.9 Å². The number of fused-ring (bicyclic) bond motifs is 1. The minimum atomic E-state index is -0.474. The summed E-state index contributed by atoms with van der Waals surface area (Å²) in [4.78, 5) is 13.6. The van der Waals surface area contributed by atoms with E-state index in [4.69, 9.17) is 5.73 Å². The smallest absolute Gasteiger partial charge is 0.224 e. The van der Waals surface area contributed by atoms with E-state index in [1.807, 2.05) is 13.8 Å². The van der Waals surface area contributed by atoms with E-state index in [-0.39, 0.29) is 5.91 Å². The predicted molar refractivity (Wildman–Crippen MR) is 67.7 cm³/mol. The predicted octanol–water partition coefficient (Wildman–Crippen LogP) is 0.310. The highest BCUT2D eigenvalue weighted by Gasteiger charge is 2.22. The Balaban J connectivity index is 1.98. The van der Waals surface area contributed by atoms with Crippen LogP contribution in [0.2, 0.25) is 0 Å². The van der Waals surface area contributed by atoms with Crippen LogP contribution in [-0.4, -0.2) is 38.2 Å². The minimum absolute atomic E-state index is 0.0397. The third kappa shape index (κ3) is 2.87. The molecule has 6 nitrogen and oxygen atoms in total. The summed E-state index contributed by atoms with van der Waals surface area (Å²) in [5, 5.41) is 8.28. The molecule has 0 saturated heterocycles. The van der Waals surface area contributed by atoms with Gasteiger partial charge in [0.25, 0.3) is 0 Å². The molecule has 0 saturated carbocycles. The molecule has 0 fully saturated rings. The highest BCUT2D eigenvalue weighted by atomic mass is 16.2. The molecule has 2 heterocycles. The van der Waals surface area contributed by atoms with E-state index < -0.39 is 5.54 Å². The second-order valence-corrected chi connectivity index (χ2v) is 5.70. The van der Waals surface area contributed by atoms with Gasteiger partial charge in [-0.25, -0.2) is 0 Å². The summed E-state index contributed by atoms with van der Waals surface area (Å²) >= 11 is 0. The van der Waals surface area contributed by atoms with E-state index in [0.29, 0.717) is 13.0 Å². The third-order valence-corrected chi connectivity index (χ3v) is 3.10. The first kappa shape index (κ1) is 13.0. The molecular formula is C12H21N5O. The van der Waals surface area contributed by atoms with Crippen LogP contribution in [0.5, 0.6) is 0 Å². The van der Waals surface area contributed by atoms with Crippen LogP contribution >= 0.6 is 0 Å². The summed E-state index contributed by atoms with van der Waals surface area (Å²) in [7, 11) is 1.78. The van der Waals surface area contributed by atoms with E-state index in [9.17, 15) is 4.79 Å². The zero-order chi connectivity index (χ0) is 13.3. The number of amides is 1. The lowest BCUT2D eigenvalue weighted by atomic mass is 10.0. The number of aromatic nitrogens is 3. The number of rotatable bonds is 4. The van der Waals surface area contributed by atoms with Crippen LogP contribution in [-0.2, 0) is 24.3 Å². The summed E-state index contributed by atoms with van der Waals surface area (Å²) in [6, 6.07) is 0. The van der Waals surface area contributed by atoms with Crippen molar-refractivity contribution in [2.45, 2.75) is 51.7 Å². The van der Waals surface area contributed by atoms with Crippen LogP contribution in [0.15, 0.2) is 0 Å². The molecule has 1 aliphatic rings. The summed E-state index contributed by atoms with van der Waals surface area (Å²) < 4.78 is 2.11. The van der Waals surface area contributed by atoms with Gasteiger partial charge >= 0.3 is 0 Å². The monoisotopic (exact) mass is 251 g/mol. The van der Waals surface area contributed by atoms with Crippen molar-refractivity contribution in [3.63, 3.8) is 0 Å². The summed E-state index contributed by atoms with van der Waals surface area (Å²) in [6.07, 6.45) is 2.44. The SMILES string of the molecule is CN(Cc1nnc2n1CCC2)C(=O)CC(C)(C)N. The third-order valence-electron chi connectivity index (χ3n) is 3.10. The van der Waals surface area contributed by atoms with Crippen LogP contribution < -0.4 is 5.73 Å². The Hall–Kier alpha value is -1.43. The van der Waals surface area contributed by atoms with Gasteiger partial charge in [-0.15, -0.1) is 10.2 Å². The molecule has 0 bridgehead atoms. The quantitative estimate of drug-likeness (QED) is 0.835. The molecular weight excluding hydrogens is 230 g/mol. The lowest BCUT2D eigenvalue weighted by Crippen LogP contribution is -2.39. The molecule has 0 atom stereocenters. The molecule has 0 spiro atoms. The highest BCUT2D eigenvalue weighted by Crippen LogP contribution is 2.15. The molecule has 2 rings (SSSR count). The van der Waals surface area contributed by atoms with Crippen molar-refractivity contribution in [2.75, 3.05) is 7.05 Å². The van der Waals surface area contributed by atoms with E-state index in [0.717, 1.165) is 31.0 Å². The maximum atomic E-state index is 12.0. The topological polar surface area (TPSA) is 77.0 Å². The van der Waals surface area contributed by atoms with Crippen LogP contribution in [0.25, 0.3) is 0 Å². The van der Waals surface area contributed by atoms with Crippen molar-refractivity contribution in [2.24, 2.45) is 5.73 Å². The Morgan fingerprint density at radius 3 is 2.89 bits per heavy atom. The molecule has 0 unspecified atom stereocenters. The van der Waals surface area contributed by atoms with Gasteiger partial charge in [0.05, 0.1) is 6.54 Å². The average molecular weight is 251 g/mol. The number of carbonyl (C=O) groups excluding carboxylic acids is 1. The van der Waals surface area contributed by atoms with Crippen molar-refractivity contribution in [1.82, 2.24) is 19.7 Å². The maximum absolute atomic E-state index is 12.0. The number of hydrogen-bond donors (Lipinski definition) is 1. The Kier molecular flexibility index (Phi) is 3.38. The van der Waals surface area contributed by atoms with Gasteiger partial charge in [-0.1, -0.05) is 0 Å². The van der Waals surface area contributed by atoms with E-state index in [2.05, 4.69) is 14.8 Å². The van der Waals surface area contributed by atoms with Gasteiger partial charge in [0, 0.05) is 32.0 Å². The van der Waals surface area contributed by atoms with Crippen LogP contribution in [0, 0.1) is 0 Å². The number of nitrogens with zero attached hydrogens (tertiary/aromatic N) is 4. The first-order valence-electron chi connectivity index (χ1n) is 6.30. The first-order chi connectivity index (χ1) is 8.37. The Labute approximate surface area is 107 Å². The highest BCUT2D eigenvalue weighted by molar-refractivity contribution is 5.76. The molecule has 0 radical (unpaired) electrons. The first-order valence-corrected chi connectivity index (χ1v) is 6.30. The lowest BCUT2D eigenvalue weighted by Gasteiger charge is -2.23. The molecule has 18 heavy (non-hydrogen) atoms. The van der Waals surface area contributed by atoms with Crippen LogP contribution in [0.4, 0.5) is 0 Å². The van der Waals surface area contributed by atoms with Crippen molar-refractivity contribution in [1.29, 1.82) is 0 Å². The Bertz CT molecular complexity index is 446. The second-order valence-electron chi connectivity index (χ2n) is 5.70. The van der Waals surface area contributed by atoms with Gasteiger partial charge in [-0.05, 0) is 20.3 Å². The number of hydrogen-bond acceptors (Lipinski definition) is 4. The number of nitrogens with two attached hydrogens (primary N) is 1. The van der Waals surface area contributed by atoms with Crippen LogP contribution in [0.1, 0.15) is 38.3 Å². The second kappa shape index (κ2) is 4.68. The van der Waals surface area contributed by atoms with Crippen molar-refractivity contribution in [3.05, 3.63) is 11.6 Å². The summed E-state index contributed by atoms with van der Waals surface area (Å²) in [5.41, 5.74) is 5.38. The van der Waals surface area contributed by atoms with Gasteiger partial charge in [0.1, 0.15) is 5.82 Å². The Morgan fingerprint density at radius 2 is 2.22 bits per heavy atom. The Morgan fingerprint density at radius 1 is 1.50 bits per heavy atom. The largest absolute Gasteiger partial charge is 0.338 e. The molecule has 1 aromatic heterocycles. The molecule has 6 heteroatoms. The molecule has 1 aromatic rings. The maximum Gasteiger partial charge on any atom is 0.224 e. The van der Waals surface area contributed by atoms with Crippen molar-refractivity contribution in [3.8, 4) is 0 Å². The lowest BCUT2D eigenvalue weighted by molar-refractivity contribution is -0.131. The van der Waals surface area contributed by atoms with Gasteiger partial charge in [0.2, 0.25) is 5.91 Å². The molecule has 0 aliphatic carbocycles. The fraction of sp³-hybridized carbons (Fsp3) is 0.750. The summed E-state index contributed by atoms with van der Waals surface area (Å²) in [5.74, 6) is 1.94. The molecule has 1 amide bonds. The minimum Gasteiger partial charge on any atom is -0.338 e. The molecule has 2 N–H and O–H groups in total. The van der Waals surface area contributed by atoms with Crippen LogP contribution in [0.3, 0.4) is 0 Å². The van der Waals surface area contributed by atoms with Crippen molar-refractivity contribution < 1.29 is 4.79 Å². The average Bonchev–Trinajstić information content (AvgIpc) is 2.80. The fourth-order valence-electron chi connectivity index (χ4n) is 2.15. The van der Waals surface area contributed by atoms with Gasteiger partial charge in [0.15, 0.2) is 5.82 Å². The number of carbonyl (C=O) groups is 1. The van der Waals surface area contributed by atoms with Gasteiger partial charge < -0.3 is 15.2 Å². The molecule has 0 aromatic carbocycles. The summed E-state index contributed by atoms with van der Waals surface area (Å²) in [6.45, 7) is 5.17. The van der Waals surface area contributed by atoms with E-state index in [1.165, 1.54) is 0 Å². The standard InChI is InChI=1S/C12H21N5O/c1-12(2,13)7-11(18)16(3)8-10-15-14-9-5-4-6-17(9)10/h4-8,13H2,1-3H3.